The number of likely N-dealkylation sites (N-methyl/N-ethyl adjacent to an activating group) is 1. The van der Waals surface area contributed by atoms with E-state index in [0.717, 1.165) is 0 Å². The Labute approximate surface area is 105 Å². The van der Waals surface area contributed by atoms with Crippen LogP contribution < -0.4 is 10.6 Å². The lowest BCUT2D eigenvalue weighted by Crippen LogP contribution is -2.38. The van der Waals surface area contributed by atoms with Gasteiger partial charge in [0.2, 0.25) is 5.91 Å². The highest BCUT2D eigenvalue weighted by atomic mass is 16.4. The molecule has 0 aliphatic heterocycles. The molecule has 1 unspecified atom stereocenters. The summed E-state index contributed by atoms with van der Waals surface area (Å²) in [5.74, 6) is -1.06. The van der Waals surface area contributed by atoms with Gasteiger partial charge in [0.05, 0.1) is 0 Å². The number of nitrogens with zero attached hydrogens (tertiary/aromatic N) is 2. The fourth-order valence-electron chi connectivity index (χ4n) is 1.75. The third-order valence-corrected chi connectivity index (χ3v) is 2.73. The van der Waals surface area contributed by atoms with E-state index in [2.05, 4.69) is 4.98 Å². The normalized spacial score (nSPS) is 11.9. The summed E-state index contributed by atoms with van der Waals surface area (Å²) in [5, 5.41) is 9.09. The summed E-state index contributed by atoms with van der Waals surface area (Å²) < 4.78 is 0. The van der Waals surface area contributed by atoms with Crippen LogP contribution in [0.2, 0.25) is 0 Å². The van der Waals surface area contributed by atoms with Crippen LogP contribution in [-0.4, -0.2) is 35.1 Å². The molecule has 0 saturated carbocycles. The molecule has 1 heterocycles. The quantitative estimate of drug-likeness (QED) is 0.806. The third kappa shape index (κ3) is 2.97. The van der Waals surface area contributed by atoms with Gasteiger partial charge < -0.3 is 15.7 Å². The van der Waals surface area contributed by atoms with Gasteiger partial charge in [-0.2, -0.15) is 0 Å². The predicted octanol–water partition coefficient (Wildman–Crippen LogP) is 0.788. The minimum Gasteiger partial charge on any atom is -0.480 e. The fourth-order valence-corrected chi connectivity index (χ4v) is 1.75. The number of pyridine rings is 1. The lowest BCUT2D eigenvalue weighted by Gasteiger charge is -2.25. The van der Waals surface area contributed by atoms with Crippen LogP contribution in [0.5, 0.6) is 0 Å². The van der Waals surface area contributed by atoms with Gasteiger partial charge in [-0.3, -0.25) is 4.79 Å². The van der Waals surface area contributed by atoms with Crippen molar-refractivity contribution in [3.8, 4) is 0 Å². The fraction of sp³-hybridized carbons (Fsp3) is 0.417. The van der Waals surface area contributed by atoms with E-state index in [9.17, 15) is 9.59 Å². The Hall–Kier alpha value is -2.11. The van der Waals surface area contributed by atoms with Crippen molar-refractivity contribution in [1.29, 1.82) is 0 Å². The molecule has 6 heteroatoms. The number of nitrogens with two attached hydrogens (primary N) is 1. The van der Waals surface area contributed by atoms with E-state index in [1.165, 1.54) is 11.0 Å². The van der Waals surface area contributed by atoms with E-state index in [4.69, 9.17) is 10.8 Å². The first-order chi connectivity index (χ1) is 8.36. The Morgan fingerprint density at radius 1 is 1.50 bits per heavy atom. The zero-order valence-corrected chi connectivity index (χ0v) is 10.7. The van der Waals surface area contributed by atoms with Crippen molar-refractivity contribution in [3.05, 3.63) is 23.4 Å². The Morgan fingerprint density at radius 3 is 2.56 bits per heavy atom. The van der Waals surface area contributed by atoms with Crippen LogP contribution in [0.3, 0.4) is 0 Å². The maximum atomic E-state index is 11.2. The average Bonchev–Trinajstić information content (AvgIpc) is 2.28. The van der Waals surface area contributed by atoms with Crippen molar-refractivity contribution in [3.63, 3.8) is 0 Å². The molecule has 0 aromatic carbocycles. The molecule has 0 bridgehead atoms. The van der Waals surface area contributed by atoms with Crippen LogP contribution in [0, 0.1) is 6.92 Å². The first-order valence-electron chi connectivity index (χ1n) is 5.61. The smallest absolute Gasteiger partial charge is 0.326 e. The number of amides is 1. The largest absolute Gasteiger partial charge is 0.480 e. The second kappa shape index (κ2) is 5.48. The van der Waals surface area contributed by atoms with Gasteiger partial charge in [0.25, 0.3) is 0 Å². The number of primary amides is 1. The number of carboxylic acids is 1. The highest BCUT2D eigenvalue weighted by Gasteiger charge is 2.22. The maximum Gasteiger partial charge on any atom is 0.326 e. The molecule has 98 valence electrons. The van der Waals surface area contributed by atoms with E-state index in [1.807, 2.05) is 0 Å². The van der Waals surface area contributed by atoms with Crippen LogP contribution in [0.4, 0.5) is 5.82 Å². The average molecular weight is 251 g/mol. The molecule has 0 fully saturated rings. The molecule has 1 amide bonds. The molecule has 0 radical (unpaired) electrons. The van der Waals surface area contributed by atoms with Crippen molar-refractivity contribution < 1.29 is 14.7 Å². The van der Waals surface area contributed by atoms with Gasteiger partial charge in [0.15, 0.2) is 0 Å². The number of aromatic nitrogens is 1. The molecule has 0 saturated heterocycles. The van der Waals surface area contributed by atoms with E-state index in [-0.39, 0.29) is 0 Å². The number of anilines is 1. The molecule has 6 nitrogen and oxygen atoms in total. The van der Waals surface area contributed by atoms with Crippen LogP contribution in [0.1, 0.15) is 29.4 Å². The third-order valence-electron chi connectivity index (χ3n) is 2.73. The van der Waals surface area contributed by atoms with Gasteiger partial charge >= 0.3 is 5.97 Å². The van der Waals surface area contributed by atoms with Crippen molar-refractivity contribution in [1.82, 2.24) is 4.98 Å². The van der Waals surface area contributed by atoms with E-state index in [0.29, 0.717) is 23.5 Å². The van der Waals surface area contributed by atoms with Crippen molar-refractivity contribution in [2.24, 2.45) is 5.73 Å². The number of aryl methyl sites for hydroxylation is 1. The predicted molar refractivity (Wildman–Crippen MR) is 67.6 cm³/mol. The number of carboxylic acid groups (broad SMARTS) is 1. The zero-order valence-electron chi connectivity index (χ0n) is 10.7. The lowest BCUT2D eigenvalue weighted by atomic mass is 10.1. The molecule has 1 atom stereocenters. The summed E-state index contributed by atoms with van der Waals surface area (Å²) in [6.45, 7) is 3.51. The monoisotopic (exact) mass is 251 g/mol. The van der Waals surface area contributed by atoms with Crippen molar-refractivity contribution in [2.45, 2.75) is 26.3 Å². The molecule has 18 heavy (non-hydrogen) atoms. The number of carbonyl (C=O) groups excluding carboxylic acids is 1. The minimum atomic E-state index is -0.927. The van der Waals surface area contributed by atoms with Gasteiger partial charge in [0.1, 0.15) is 11.9 Å². The van der Waals surface area contributed by atoms with Gasteiger partial charge in [-0.1, -0.05) is 6.92 Å². The molecular formula is C12H17N3O3. The number of carbonyl (C=O) groups is 2. The number of aliphatic carboxylic acids is 1. The van der Waals surface area contributed by atoms with Crippen LogP contribution in [-0.2, 0) is 4.79 Å². The van der Waals surface area contributed by atoms with Crippen molar-refractivity contribution >= 4 is 17.7 Å². The topological polar surface area (TPSA) is 96.5 Å². The van der Waals surface area contributed by atoms with Gasteiger partial charge in [0, 0.05) is 18.3 Å². The van der Waals surface area contributed by atoms with Gasteiger partial charge in [-0.25, -0.2) is 9.78 Å². The van der Waals surface area contributed by atoms with E-state index >= 15 is 0 Å². The number of rotatable bonds is 5. The van der Waals surface area contributed by atoms with Gasteiger partial charge in [-0.15, -0.1) is 0 Å². The minimum absolute atomic E-state index is 0.324. The molecule has 0 spiro atoms. The van der Waals surface area contributed by atoms with Crippen LogP contribution in [0.25, 0.3) is 0 Å². The summed E-state index contributed by atoms with van der Waals surface area (Å²) in [6, 6.07) is 2.39. The summed E-state index contributed by atoms with van der Waals surface area (Å²) >= 11 is 0. The van der Waals surface area contributed by atoms with Crippen LogP contribution in [0.15, 0.2) is 12.1 Å². The maximum absolute atomic E-state index is 11.2. The van der Waals surface area contributed by atoms with Crippen molar-refractivity contribution in [2.75, 3.05) is 11.9 Å². The highest BCUT2D eigenvalue weighted by Crippen LogP contribution is 2.17. The number of hydrogen-bond donors (Lipinski definition) is 2. The first kappa shape index (κ1) is 14.0. The SMILES string of the molecule is CCC(C(=O)O)N(C)c1cc(C(N)=O)cc(C)n1. The summed E-state index contributed by atoms with van der Waals surface area (Å²) in [7, 11) is 1.63. The molecule has 0 aliphatic carbocycles. The molecule has 0 aliphatic rings. The van der Waals surface area contributed by atoms with E-state index in [1.54, 1.807) is 27.0 Å². The Kier molecular flexibility index (Phi) is 4.25. The molecule has 1 rings (SSSR count). The Bertz CT molecular complexity index is 474. The number of hydrogen-bond acceptors (Lipinski definition) is 4. The van der Waals surface area contributed by atoms with E-state index < -0.39 is 17.9 Å². The second-order valence-corrected chi connectivity index (χ2v) is 4.09. The summed E-state index contributed by atoms with van der Waals surface area (Å²) in [4.78, 5) is 28.0. The Balaban J connectivity index is 3.16. The first-order valence-corrected chi connectivity index (χ1v) is 5.61. The van der Waals surface area contributed by atoms with Gasteiger partial charge in [-0.05, 0) is 25.5 Å². The van der Waals surface area contributed by atoms with Crippen LogP contribution >= 0.6 is 0 Å². The second-order valence-electron chi connectivity index (χ2n) is 4.09. The molecule has 1 aromatic rings. The zero-order chi connectivity index (χ0) is 13.9. The molecule has 3 N–H and O–H groups in total. The Morgan fingerprint density at radius 2 is 2.11 bits per heavy atom. The lowest BCUT2D eigenvalue weighted by molar-refractivity contribution is -0.138. The molecule has 1 aromatic heterocycles. The summed E-state index contributed by atoms with van der Waals surface area (Å²) in [5.41, 5.74) is 6.16. The standard InChI is InChI=1S/C12H17N3O3/c1-4-9(12(17)18)15(3)10-6-8(11(13)16)5-7(2)14-10/h5-6,9H,4H2,1-3H3,(H2,13,16)(H,17,18). The molecular weight excluding hydrogens is 234 g/mol. The highest BCUT2D eigenvalue weighted by molar-refractivity contribution is 5.93. The summed E-state index contributed by atoms with van der Waals surface area (Å²) in [6.07, 6.45) is 0.438.